The van der Waals surface area contributed by atoms with E-state index in [-0.39, 0.29) is 5.92 Å². The summed E-state index contributed by atoms with van der Waals surface area (Å²) in [5, 5.41) is 0. The molecule has 0 radical (unpaired) electrons. The van der Waals surface area contributed by atoms with Gasteiger partial charge in [0.15, 0.2) is 0 Å². The van der Waals surface area contributed by atoms with Crippen molar-refractivity contribution in [3.05, 3.63) is 12.2 Å². The van der Waals surface area contributed by atoms with Crippen LogP contribution >= 0.6 is 0 Å². The Balaban J connectivity index is 1.50. The third kappa shape index (κ3) is 8.53. The number of rotatable bonds is 11. The average Bonchev–Trinajstić information content (AvgIpc) is 2.65. The molecule has 0 N–H and O–H groups in total. The molecule has 2 aliphatic carbocycles. The molecule has 2 aliphatic rings. The van der Waals surface area contributed by atoms with Gasteiger partial charge in [0, 0.05) is 0 Å². The molecule has 0 bridgehead atoms. The molecule has 0 spiro atoms. The molecule has 0 amide bonds. The summed E-state index contributed by atoms with van der Waals surface area (Å²) >= 11 is 0. The first-order chi connectivity index (χ1) is 12.7. The number of unbranched alkanes of at least 4 members (excludes halogenated alkanes) is 7. The maximum Gasteiger partial charge on any atom is 0.266 e. The summed E-state index contributed by atoms with van der Waals surface area (Å²) in [6.07, 6.45) is 22.6. The van der Waals surface area contributed by atoms with Crippen molar-refractivity contribution >= 4 is 0 Å². The van der Waals surface area contributed by atoms with Gasteiger partial charge in [-0.3, -0.25) is 0 Å². The average molecular weight is 369 g/mol. The van der Waals surface area contributed by atoms with Gasteiger partial charge in [0.25, 0.3) is 6.08 Å². The minimum absolute atomic E-state index is 0.148. The van der Waals surface area contributed by atoms with Crippen LogP contribution in [0, 0.1) is 23.7 Å². The fourth-order valence-electron chi connectivity index (χ4n) is 5.48. The Labute approximate surface area is 161 Å². The van der Waals surface area contributed by atoms with Crippen molar-refractivity contribution in [3.8, 4) is 0 Å². The summed E-state index contributed by atoms with van der Waals surface area (Å²) < 4.78 is 24.8. The molecule has 0 aromatic rings. The van der Waals surface area contributed by atoms with E-state index in [0.717, 1.165) is 30.6 Å². The summed E-state index contributed by atoms with van der Waals surface area (Å²) in [6, 6.07) is 0. The Morgan fingerprint density at radius 1 is 0.692 bits per heavy atom. The summed E-state index contributed by atoms with van der Waals surface area (Å²) in [5.41, 5.74) is 0. The van der Waals surface area contributed by atoms with Crippen LogP contribution in [0.2, 0.25) is 0 Å². The molecule has 0 aromatic heterocycles. The van der Waals surface area contributed by atoms with Gasteiger partial charge in [0.1, 0.15) is 0 Å². The molecule has 0 nitrogen and oxygen atoms in total. The Bertz CT molecular complexity index is 370. The predicted molar refractivity (Wildman–Crippen MR) is 108 cm³/mol. The summed E-state index contributed by atoms with van der Waals surface area (Å²) in [4.78, 5) is 0. The fraction of sp³-hybridized carbons (Fsp3) is 0.917. The lowest BCUT2D eigenvalue weighted by Gasteiger charge is -2.37. The predicted octanol–water partition coefficient (Wildman–Crippen LogP) is 8.91. The third-order valence-electron chi connectivity index (χ3n) is 7.20. The minimum Gasteiger partial charge on any atom is -0.174 e. The van der Waals surface area contributed by atoms with Gasteiger partial charge < -0.3 is 0 Å². The highest BCUT2D eigenvalue weighted by atomic mass is 19.3. The van der Waals surface area contributed by atoms with Crippen LogP contribution in [0.15, 0.2) is 12.2 Å². The molecule has 26 heavy (non-hydrogen) atoms. The zero-order valence-electron chi connectivity index (χ0n) is 17.2. The molecule has 2 saturated carbocycles. The highest BCUT2D eigenvalue weighted by Gasteiger charge is 2.30. The summed E-state index contributed by atoms with van der Waals surface area (Å²) in [5.74, 6) is 2.84. The molecule has 0 aliphatic heterocycles. The smallest absolute Gasteiger partial charge is 0.174 e. The largest absolute Gasteiger partial charge is 0.266 e. The second-order valence-corrected chi connectivity index (χ2v) is 9.18. The molecule has 0 aromatic carbocycles. The first kappa shape index (κ1) is 21.9. The second kappa shape index (κ2) is 12.9. The maximum absolute atomic E-state index is 12.4. The quantitative estimate of drug-likeness (QED) is 0.319. The van der Waals surface area contributed by atoms with Gasteiger partial charge >= 0.3 is 0 Å². The summed E-state index contributed by atoms with van der Waals surface area (Å²) in [6.45, 7) is 2.28. The number of halogens is 2. The maximum atomic E-state index is 12.4. The zero-order valence-corrected chi connectivity index (χ0v) is 17.2. The van der Waals surface area contributed by atoms with E-state index in [1.54, 1.807) is 0 Å². The van der Waals surface area contributed by atoms with E-state index in [4.69, 9.17) is 0 Å². The number of allylic oxidation sites excluding steroid dienone is 1. The van der Waals surface area contributed by atoms with Crippen LogP contribution in [0.1, 0.15) is 116 Å². The van der Waals surface area contributed by atoms with Crippen LogP contribution in [0.3, 0.4) is 0 Å². The SMILES string of the molecule is CCCCCCCCCC[C@H]1CC[C@H]([C@H]2CC[C@H](C=C(F)F)CC2)CC1. The van der Waals surface area contributed by atoms with E-state index in [1.165, 1.54) is 102 Å². The number of hydrogen-bond acceptors (Lipinski definition) is 0. The third-order valence-corrected chi connectivity index (χ3v) is 7.20. The van der Waals surface area contributed by atoms with E-state index >= 15 is 0 Å². The van der Waals surface area contributed by atoms with Crippen LogP contribution in [0.25, 0.3) is 0 Å². The molecule has 2 rings (SSSR count). The van der Waals surface area contributed by atoms with Crippen molar-refractivity contribution in [2.75, 3.05) is 0 Å². The highest BCUT2D eigenvalue weighted by Crippen LogP contribution is 2.42. The lowest BCUT2D eigenvalue weighted by molar-refractivity contribution is 0.150. The van der Waals surface area contributed by atoms with Crippen LogP contribution in [-0.4, -0.2) is 0 Å². The van der Waals surface area contributed by atoms with Gasteiger partial charge in [0.2, 0.25) is 0 Å². The molecule has 0 saturated heterocycles. The monoisotopic (exact) mass is 368 g/mol. The Kier molecular flexibility index (Phi) is 10.9. The van der Waals surface area contributed by atoms with Crippen LogP contribution < -0.4 is 0 Å². The summed E-state index contributed by atoms with van der Waals surface area (Å²) in [7, 11) is 0. The molecular formula is C24H42F2. The molecule has 0 atom stereocenters. The van der Waals surface area contributed by atoms with E-state index in [1.807, 2.05) is 0 Å². The molecule has 2 heteroatoms. The van der Waals surface area contributed by atoms with Gasteiger partial charge in [-0.1, -0.05) is 77.6 Å². The molecular weight excluding hydrogens is 326 g/mol. The topological polar surface area (TPSA) is 0 Å². The Morgan fingerprint density at radius 2 is 1.19 bits per heavy atom. The van der Waals surface area contributed by atoms with E-state index < -0.39 is 6.08 Å². The van der Waals surface area contributed by atoms with Crippen molar-refractivity contribution in [1.29, 1.82) is 0 Å². The molecule has 0 heterocycles. The van der Waals surface area contributed by atoms with Crippen LogP contribution in [0.4, 0.5) is 8.78 Å². The van der Waals surface area contributed by atoms with Crippen molar-refractivity contribution < 1.29 is 8.78 Å². The van der Waals surface area contributed by atoms with E-state index in [2.05, 4.69) is 6.92 Å². The fourth-order valence-corrected chi connectivity index (χ4v) is 5.48. The lowest BCUT2D eigenvalue weighted by Crippen LogP contribution is -2.25. The van der Waals surface area contributed by atoms with Gasteiger partial charge in [-0.2, -0.15) is 8.78 Å². The second-order valence-electron chi connectivity index (χ2n) is 9.18. The van der Waals surface area contributed by atoms with Gasteiger partial charge in [-0.25, -0.2) is 0 Å². The van der Waals surface area contributed by atoms with Gasteiger partial charge in [0.05, 0.1) is 0 Å². The van der Waals surface area contributed by atoms with Crippen molar-refractivity contribution in [2.45, 2.75) is 116 Å². The number of hydrogen-bond donors (Lipinski definition) is 0. The zero-order chi connectivity index (χ0) is 18.6. The first-order valence-corrected chi connectivity index (χ1v) is 11.7. The van der Waals surface area contributed by atoms with Gasteiger partial charge in [-0.15, -0.1) is 0 Å². The van der Waals surface area contributed by atoms with Crippen molar-refractivity contribution in [2.24, 2.45) is 23.7 Å². The van der Waals surface area contributed by atoms with Crippen molar-refractivity contribution in [3.63, 3.8) is 0 Å². The lowest BCUT2D eigenvalue weighted by atomic mass is 9.68. The highest BCUT2D eigenvalue weighted by molar-refractivity contribution is 4.92. The van der Waals surface area contributed by atoms with Gasteiger partial charge in [-0.05, 0) is 68.3 Å². The molecule has 0 unspecified atom stereocenters. The van der Waals surface area contributed by atoms with Crippen LogP contribution in [0.5, 0.6) is 0 Å². The van der Waals surface area contributed by atoms with Crippen molar-refractivity contribution in [1.82, 2.24) is 0 Å². The van der Waals surface area contributed by atoms with Crippen LogP contribution in [-0.2, 0) is 0 Å². The minimum atomic E-state index is -1.48. The Hall–Kier alpha value is -0.400. The first-order valence-electron chi connectivity index (χ1n) is 11.7. The Morgan fingerprint density at radius 3 is 1.73 bits per heavy atom. The molecule has 2 fully saturated rings. The standard InChI is InChI=1S/C24H42F2/c1-2-3-4-5-6-7-8-9-10-20-11-15-22(16-12-20)23-17-13-21(14-18-23)19-24(25)26/h19-23H,2-18H2,1H3/t20-,21-,22-,23-. The van der Waals surface area contributed by atoms with E-state index in [9.17, 15) is 8.78 Å². The van der Waals surface area contributed by atoms with E-state index in [0.29, 0.717) is 0 Å². The normalized spacial score (nSPS) is 29.5. The molecule has 152 valence electrons.